The summed E-state index contributed by atoms with van der Waals surface area (Å²) in [6, 6.07) is 2.00. The van der Waals surface area contributed by atoms with Crippen molar-refractivity contribution in [3.05, 3.63) is 11.5 Å². The average Bonchev–Trinajstić information content (AvgIpc) is 2.67. The predicted molar refractivity (Wildman–Crippen MR) is 66.0 cm³/mol. The number of nitriles is 1. The number of hydrogen-bond donors (Lipinski definition) is 1. The highest BCUT2D eigenvalue weighted by atomic mass is 16.5. The lowest BCUT2D eigenvalue weighted by atomic mass is 10.2. The van der Waals surface area contributed by atoms with Crippen LogP contribution in [0.3, 0.4) is 0 Å². The third kappa shape index (κ3) is 2.18. The lowest BCUT2D eigenvalue weighted by Gasteiger charge is -2.03. The quantitative estimate of drug-likeness (QED) is 0.782. The van der Waals surface area contributed by atoms with Crippen LogP contribution in [0.4, 0.5) is 5.82 Å². The van der Waals surface area contributed by atoms with Crippen LogP contribution in [0.1, 0.15) is 23.2 Å². The molecule has 0 aliphatic rings. The predicted octanol–water partition coefficient (Wildman–Crippen LogP) is 0.188. The van der Waals surface area contributed by atoms with Gasteiger partial charge in [-0.3, -0.25) is 0 Å². The zero-order chi connectivity index (χ0) is 14.0. The lowest BCUT2D eigenvalue weighted by Crippen LogP contribution is -2.12. The summed E-state index contributed by atoms with van der Waals surface area (Å²) in [7, 11) is 1.66. The zero-order valence-corrected chi connectivity index (χ0v) is 10.5. The molecule has 2 aromatic rings. The van der Waals surface area contributed by atoms with Crippen molar-refractivity contribution >= 4 is 22.8 Å². The summed E-state index contributed by atoms with van der Waals surface area (Å²) in [4.78, 5) is 19.6. The summed E-state index contributed by atoms with van der Waals surface area (Å²) in [5.74, 6) is -0.635. The van der Waals surface area contributed by atoms with Gasteiger partial charge in [0.25, 0.3) is 0 Å². The summed E-state index contributed by atoms with van der Waals surface area (Å²) in [6.45, 7) is 1.92. The molecule has 0 bridgehead atoms. The molecule has 0 atom stereocenters. The summed E-state index contributed by atoms with van der Waals surface area (Å²) >= 11 is 0. The molecule has 2 rings (SSSR count). The fourth-order valence-corrected chi connectivity index (χ4v) is 1.74. The molecule has 0 aliphatic heterocycles. The van der Waals surface area contributed by atoms with Gasteiger partial charge in [0.05, 0.1) is 30.2 Å². The minimum atomic E-state index is -0.640. The molecule has 0 unspecified atom stereocenters. The van der Waals surface area contributed by atoms with E-state index in [4.69, 9.17) is 15.7 Å². The Kier molecular flexibility index (Phi) is 3.29. The number of esters is 1. The van der Waals surface area contributed by atoms with Gasteiger partial charge in [-0.05, 0) is 6.92 Å². The number of aromatic nitrogens is 4. The number of nitrogens with zero attached hydrogens (tertiary/aromatic N) is 5. The SMILES string of the molecule is CCOC(=O)c1nc(N)c2c(CC#N)nn(C)c2n1. The van der Waals surface area contributed by atoms with Crippen LogP contribution in [0.2, 0.25) is 0 Å². The average molecular weight is 260 g/mol. The molecule has 8 nitrogen and oxygen atoms in total. The van der Waals surface area contributed by atoms with E-state index in [1.54, 1.807) is 14.0 Å². The van der Waals surface area contributed by atoms with Gasteiger partial charge >= 0.3 is 5.97 Å². The Labute approximate surface area is 108 Å². The first-order chi connectivity index (χ1) is 9.08. The number of rotatable bonds is 3. The molecular formula is C11H12N6O2. The second-order valence-electron chi connectivity index (χ2n) is 3.76. The molecule has 2 heterocycles. The highest BCUT2D eigenvalue weighted by Crippen LogP contribution is 2.22. The topological polar surface area (TPSA) is 120 Å². The van der Waals surface area contributed by atoms with E-state index in [9.17, 15) is 4.79 Å². The van der Waals surface area contributed by atoms with Crippen LogP contribution in [0.25, 0.3) is 11.0 Å². The number of carbonyl (C=O) groups is 1. The standard InChI is InChI=1S/C11H12N6O2/c1-3-19-11(18)9-14-8(13)7-6(4-5-12)16-17(2)10(7)15-9/h3-4H2,1-2H3,(H2,13,14,15). The maximum atomic E-state index is 11.6. The van der Waals surface area contributed by atoms with Gasteiger partial charge in [0, 0.05) is 7.05 Å². The van der Waals surface area contributed by atoms with E-state index < -0.39 is 5.97 Å². The summed E-state index contributed by atoms with van der Waals surface area (Å²) < 4.78 is 6.29. The van der Waals surface area contributed by atoms with Crippen LogP contribution in [0.15, 0.2) is 0 Å². The molecule has 0 radical (unpaired) electrons. The second kappa shape index (κ2) is 4.89. The van der Waals surface area contributed by atoms with Gasteiger partial charge in [0.1, 0.15) is 5.82 Å². The van der Waals surface area contributed by atoms with E-state index in [1.165, 1.54) is 4.68 Å². The van der Waals surface area contributed by atoms with Crippen LogP contribution in [0.5, 0.6) is 0 Å². The lowest BCUT2D eigenvalue weighted by molar-refractivity contribution is 0.0512. The molecule has 19 heavy (non-hydrogen) atoms. The van der Waals surface area contributed by atoms with Crippen molar-refractivity contribution in [2.24, 2.45) is 7.05 Å². The monoisotopic (exact) mass is 260 g/mol. The zero-order valence-electron chi connectivity index (χ0n) is 10.5. The van der Waals surface area contributed by atoms with Gasteiger partial charge in [-0.2, -0.15) is 10.4 Å². The number of hydrogen-bond acceptors (Lipinski definition) is 7. The van der Waals surface area contributed by atoms with E-state index in [0.717, 1.165) is 0 Å². The van der Waals surface area contributed by atoms with Crippen molar-refractivity contribution in [2.75, 3.05) is 12.3 Å². The maximum Gasteiger partial charge on any atom is 0.376 e. The number of ether oxygens (including phenoxy) is 1. The number of nitrogen functional groups attached to an aromatic ring is 1. The van der Waals surface area contributed by atoms with Crippen LogP contribution in [-0.2, 0) is 18.2 Å². The Morgan fingerprint density at radius 2 is 2.26 bits per heavy atom. The smallest absolute Gasteiger partial charge is 0.376 e. The molecule has 0 aromatic carbocycles. The molecule has 8 heteroatoms. The summed E-state index contributed by atoms with van der Waals surface area (Å²) in [5, 5.41) is 13.4. The number of carbonyl (C=O) groups excluding carboxylic acids is 1. The van der Waals surface area contributed by atoms with Crippen LogP contribution < -0.4 is 5.73 Å². The highest BCUT2D eigenvalue weighted by Gasteiger charge is 2.19. The molecular weight excluding hydrogens is 248 g/mol. The Morgan fingerprint density at radius 1 is 1.53 bits per heavy atom. The summed E-state index contributed by atoms with van der Waals surface area (Å²) in [6.07, 6.45) is 0.101. The first kappa shape index (κ1) is 12.8. The molecule has 0 aliphatic carbocycles. The molecule has 0 amide bonds. The Hall–Kier alpha value is -2.69. The molecule has 2 N–H and O–H groups in total. The van der Waals surface area contributed by atoms with E-state index in [-0.39, 0.29) is 24.7 Å². The van der Waals surface area contributed by atoms with E-state index >= 15 is 0 Å². The van der Waals surface area contributed by atoms with Gasteiger partial charge in [0.2, 0.25) is 5.82 Å². The molecule has 2 aromatic heterocycles. The first-order valence-electron chi connectivity index (χ1n) is 5.61. The first-order valence-corrected chi connectivity index (χ1v) is 5.61. The van der Waals surface area contributed by atoms with Crippen molar-refractivity contribution < 1.29 is 9.53 Å². The minimum absolute atomic E-state index is 0.101. The van der Waals surface area contributed by atoms with Crippen LogP contribution >= 0.6 is 0 Å². The molecule has 0 fully saturated rings. The van der Waals surface area contributed by atoms with E-state index in [2.05, 4.69) is 15.1 Å². The fraction of sp³-hybridized carbons (Fsp3) is 0.364. The normalized spacial score (nSPS) is 10.4. The summed E-state index contributed by atoms with van der Waals surface area (Å²) in [5.41, 5.74) is 6.71. The Morgan fingerprint density at radius 3 is 2.89 bits per heavy atom. The number of aryl methyl sites for hydroxylation is 1. The minimum Gasteiger partial charge on any atom is -0.460 e. The van der Waals surface area contributed by atoms with E-state index in [1.807, 2.05) is 6.07 Å². The largest absolute Gasteiger partial charge is 0.460 e. The number of fused-ring (bicyclic) bond motifs is 1. The molecule has 0 saturated heterocycles. The maximum absolute atomic E-state index is 11.6. The number of nitrogens with two attached hydrogens (primary N) is 1. The molecule has 0 spiro atoms. The van der Waals surface area contributed by atoms with E-state index in [0.29, 0.717) is 16.7 Å². The fourth-order valence-electron chi connectivity index (χ4n) is 1.74. The third-order valence-corrected chi connectivity index (χ3v) is 2.49. The van der Waals surface area contributed by atoms with Gasteiger partial charge in [-0.15, -0.1) is 0 Å². The van der Waals surface area contributed by atoms with Crippen molar-refractivity contribution in [2.45, 2.75) is 13.3 Å². The van der Waals surface area contributed by atoms with Crippen molar-refractivity contribution in [3.63, 3.8) is 0 Å². The van der Waals surface area contributed by atoms with Gasteiger partial charge < -0.3 is 10.5 Å². The van der Waals surface area contributed by atoms with Crippen LogP contribution in [0, 0.1) is 11.3 Å². The second-order valence-corrected chi connectivity index (χ2v) is 3.76. The van der Waals surface area contributed by atoms with Gasteiger partial charge in [-0.1, -0.05) is 0 Å². The van der Waals surface area contributed by atoms with Crippen molar-refractivity contribution in [1.82, 2.24) is 19.7 Å². The van der Waals surface area contributed by atoms with Gasteiger partial charge in [0.15, 0.2) is 5.65 Å². The van der Waals surface area contributed by atoms with Crippen molar-refractivity contribution in [3.8, 4) is 6.07 Å². The van der Waals surface area contributed by atoms with Crippen LogP contribution in [-0.4, -0.2) is 32.3 Å². The number of anilines is 1. The molecule has 0 saturated carbocycles. The highest BCUT2D eigenvalue weighted by molar-refractivity contribution is 5.93. The third-order valence-electron chi connectivity index (χ3n) is 2.49. The Balaban J connectivity index is 2.62. The van der Waals surface area contributed by atoms with Gasteiger partial charge in [-0.25, -0.2) is 19.4 Å². The molecule has 98 valence electrons. The Bertz CT molecular complexity index is 685. The van der Waals surface area contributed by atoms with Crippen molar-refractivity contribution in [1.29, 1.82) is 5.26 Å².